The van der Waals surface area contributed by atoms with Gasteiger partial charge in [0.25, 0.3) is 11.6 Å². The molecule has 2 aromatic carbocycles. The SMILES string of the molecule is CCn1nc(C)cc1C(=O)Nc1nc2cc(C(N)=O)cc(OC)c2n1C/C=C/CNc1c(OC/C=C/CN2CCN(C(=O)OC(C)(C)C)CC2)cc(C(N)=O)cc1[N+](=O)[O-]. The van der Waals surface area contributed by atoms with Crippen LogP contribution in [0.4, 0.5) is 22.1 Å². The van der Waals surface area contributed by atoms with E-state index in [-0.39, 0.29) is 60.1 Å². The Morgan fingerprint density at radius 1 is 0.933 bits per heavy atom. The molecule has 0 spiro atoms. The molecule has 0 aliphatic carbocycles. The molecule has 0 bridgehead atoms. The van der Waals surface area contributed by atoms with E-state index < -0.39 is 33.9 Å². The molecule has 1 saturated heterocycles. The maximum absolute atomic E-state index is 13.5. The number of carbonyl (C=O) groups is 4. The summed E-state index contributed by atoms with van der Waals surface area (Å²) >= 11 is 0. The van der Waals surface area contributed by atoms with Crippen LogP contribution in [0.5, 0.6) is 11.5 Å². The van der Waals surface area contributed by atoms with Gasteiger partial charge in [0.15, 0.2) is 11.4 Å². The highest BCUT2D eigenvalue weighted by Gasteiger charge is 2.26. The standard InChI is InChI=1S/C40H51N11O9/c1-7-50-30(20-25(2)46-50)37(54)45-38-44-28-21-26(35(41)52)24-32(58-6)34(28)49(38)14-9-8-12-43-33-29(51(56)57)22-27(36(42)53)23-31(33)59-19-11-10-13-47-15-17-48(18-16-47)39(55)60-40(3,4)5/h8-11,20-24,43H,7,12-19H2,1-6H3,(H2,41,52)(H2,42,53)(H,44,45,54)/b9-8+,11-10+. The Labute approximate surface area is 346 Å². The molecule has 4 amide bonds. The summed E-state index contributed by atoms with van der Waals surface area (Å²) < 4.78 is 20.3. The number of piperazine rings is 1. The van der Waals surface area contributed by atoms with Crippen LogP contribution >= 0.6 is 0 Å². The number of nitrogens with two attached hydrogens (primary N) is 2. The van der Waals surface area contributed by atoms with Crippen molar-refractivity contribution in [2.75, 3.05) is 63.6 Å². The van der Waals surface area contributed by atoms with Gasteiger partial charge in [0.1, 0.15) is 29.2 Å². The normalized spacial score (nSPS) is 13.5. The number of methoxy groups -OCH3 is 1. The van der Waals surface area contributed by atoms with E-state index in [0.29, 0.717) is 61.7 Å². The van der Waals surface area contributed by atoms with Crippen molar-refractivity contribution in [1.82, 2.24) is 29.1 Å². The highest BCUT2D eigenvalue weighted by molar-refractivity contribution is 6.04. The van der Waals surface area contributed by atoms with Crippen LogP contribution in [-0.4, -0.2) is 116 Å². The molecule has 6 N–H and O–H groups in total. The second kappa shape index (κ2) is 19.2. The molecule has 20 nitrogen and oxygen atoms in total. The maximum Gasteiger partial charge on any atom is 0.410 e. The molecule has 2 aromatic heterocycles. The lowest BCUT2D eigenvalue weighted by molar-refractivity contribution is -0.384. The monoisotopic (exact) mass is 829 g/mol. The molecule has 1 aliphatic heterocycles. The van der Waals surface area contributed by atoms with Gasteiger partial charge in [-0.05, 0) is 58.9 Å². The third kappa shape index (κ3) is 10.9. The van der Waals surface area contributed by atoms with Crippen molar-refractivity contribution in [3.05, 3.63) is 87.3 Å². The molecule has 20 heteroatoms. The lowest BCUT2D eigenvalue weighted by Gasteiger charge is -2.35. The maximum atomic E-state index is 13.5. The van der Waals surface area contributed by atoms with E-state index >= 15 is 0 Å². The average molecular weight is 830 g/mol. The summed E-state index contributed by atoms with van der Waals surface area (Å²) in [7, 11) is 1.43. The molecule has 0 atom stereocenters. The number of amides is 4. The average Bonchev–Trinajstić information content (AvgIpc) is 3.75. The molecule has 60 heavy (non-hydrogen) atoms. The summed E-state index contributed by atoms with van der Waals surface area (Å²) in [5.41, 5.74) is 12.0. The number of aryl methyl sites for hydroxylation is 2. The number of rotatable bonds is 17. The number of nitrogens with zero attached hydrogens (tertiary/aromatic N) is 7. The fourth-order valence-corrected chi connectivity index (χ4v) is 6.41. The number of benzene rings is 2. The summed E-state index contributed by atoms with van der Waals surface area (Å²) in [6.07, 6.45) is 6.76. The molecule has 4 aromatic rings. The van der Waals surface area contributed by atoms with Crippen molar-refractivity contribution < 1.29 is 38.3 Å². The number of hydrogen-bond acceptors (Lipinski definition) is 13. The van der Waals surface area contributed by atoms with E-state index in [1.54, 1.807) is 45.4 Å². The van der Waals surface area contributed by atoms with Crippen LogP contribution in [0.1, 0.15) is 64.6 Å². The quantitative estimate of drug-likeness (QED) is 0.0665. The number of nitro groups is 1. The van der Waals surface area contributed by atoms with Gasteiger partial charge in [0, 0.05) is 69.6 Å². The predicted molar refractivity (Wildman–Crippen MR) is 224 cm³/mol. The predicted octanol–water partition coefficient (Wildman–Crippen LogP) is 4.08. The number of allylic oxidation sites excluding steroid dienone is 1. The summed E-state index contributed by atoms with van der Waals surface area (Å²) in [6.45, 7) is 12.8. The third-order valence-corrected chi connectivity index (χ3v) is 9.27. The van der Waals surface area contributed by atoms with E-state index in [1.807, 2.05) is 33.8 Å². The Bertz CT molecular complexity index is 2320. The van der Waals surface area contributed by atoms with Crippen LogP contribution in [0.15, 0.2) is 54.6 Å². The number of ether oxygens (including phenoxy) is 3. The molecule has 3 heterocycles. The van der Waals surface area contributed by atoms with Gasteiger partial charge < -0.3 is 40.5 Å². The van der Waals surface area contributed by atoms with Gasteiger partial charge in [-0.25, -0.2) is 9.78 Å². The van der Waals surface area contributed by atoms with Gasteiger partial charge >= 0.3 is 6.09 Å². The Hall–Kier alpha value is -6.96. The molecule has 320 valence electrons. The largest absolute Gasteiger partial charge is 0.494 e. The molecule has 1 fully saturated rings. The van der Waals surface area contributed by atoms with Crippen molar-refractivity contribution in [3.8, 4) is 11.5 Å². The lowest BCUT2D eigenvalue weighted by atomic mass is 10.1. The Kier molecular flexibility index (Phi) is 14.1. The van der Waals surface area contributed by atoms with Crippen molar-refractivity contribution in [3.63, 3.8) is 0 Å². The summed E-state index contributed by atoms with van der Waals surface area (Å²) in [5.74, 6) is -1.52. The minimum atomic E-state index is -0.862. The number of hydrogen-bond donors (Lipinski definition) is 4. The minimum absolute atomic E-state index is 0.0296. The van der Waals surface area contributed by atoms with E-state index in [9.17, 15) is 29.3 Å². The molecular weight excluding hydrogens is 779 g/mol. The fraction of sp³-hybridized carbons (Fsp3) is 0.400. The number of anilines is 2. The smallest absolute Gasteiger partial charge is 0.410 e. The Morgan fingerprint density at radius 2 is 1.60 bits per heavy atom. The first-order chi connectivity index (χ1) is 28.5. The first-order valence-corrected chi connectivity index (χ1v) is 19.2. The van der Waals surface area contributed by atoms with E-state index in [4.69, 9.17) is 25.7 Å². The Morgan fingerprint density at radius 3 is 2.23 bits per heavy atom. The number of fused-ring (bicyclic) bond motifs is 1. The number of carbonyl (C=O) groups excluding carboxylic acids is 4. The molecule has 0 saturated carbocycles. The lowest BCUT2D eigenvalue weighted by Crippen LogP contribution is -2.49. The van der Waals surface area contributed by atoms with Crippen LogP contribution in [0.2, 0.25) is 0 Å². The van der Waals surface area contributed by atoms with Crippen molar-refractivity contribution in [2.45, 2.75) is 53.3 Å². The fourth-order valence-electron chi connectivity index (χ4n) is 6.41. The molecular formula is C40H51N11O9. The van der Waals surface area contributed by atoms with Crippen LogP contribution in [0.25, 0.3) is 11.0 Å². The van der Waals surface area contributed by atoms with Gasteiger partial charge in [-0.15, -0.1) is 0 Å². The highest BCUT2D eigenvalue weighted by atomic mass is 16.6. The number of imidazole rings is 1. The zero-order valence-electron chi connectivity index (χ0n) is 34.5. The van der Waals surface area contributed by atoms with Gasteiger partial charge in [-0.1, -0.05) is 24.3 Å². The van der Waals surface area contributed by atoms with E-state index in [0.717, 1.165) is 6.07 Å². The van der Waals surface area contributed by atoms with Crippen molar-refractivity contribution in [2.24, 2.45) is 11.5 Å². The van der Waals surface area contributed by atoms with Gasteiger partial charge in [0.05, 0.1) is 23.2 Å². The first-order valence-electron chi connectivity index (χ1n) is 19.2. The number of nitrogens with one attached hydrogen (secondary N) is 2. The van der Waals surface area contributed by atoms with Crippen molar-refractivity contribution in [1.29, 1.82) is 0 Å². The van der Waals surface area contributed by atoms with Crippen LogP contribution in [-0.2, 0) is 17.8 Å². The van der Waals surface area contributed by atoms with Crippen LogP contribution in [0.3, 0.4) is 0 Å². The van der Waals surface area contributed by atoms with E-state index in [2.05, 4.69) is 25.6 Å². The molecule has 1 aliphatic rings. The van der Waals surface area contributed by atoms with Crippen molar-refractivity contribution >= 4 is 52.2 Å². The number of aromatic nitrogens is 4. The summed E-state index contributed by atoms with van der Waals surface area (Å²) in [5, 5.41) is 22.4. The number of nitro benzene ring substituents is 1. The number of primary amides is 2. The second-order valence-electron chi connectivity index (χ2n) is 14.8. The third-order valence-electron chi connectivity index (χ3n) is 9.27. The zero-order valence-corrected chi connectivity index (χ0v) is 34.5. The van der Waals surface area contributed by atoms with Crippen LogP contribution in [0, 0.1) is 17.0 Å². The molecule has 0 unspecified atom stereocenters. The zero-order chi connectivity index (χ0) is 43.7. The summed E-state index contributed by atoms with van der Waals surface area (Å²) in [4.78, 5) is 70.1. The van der Waals surface area contributed by atoms with Gasteiger partial charge in [0.2, 0.25) is 17.8 Å². The Balaban J connectivity index is 1.30. The summed E-state index contributed by atoms with van der Waals surface area (Å²) in [6, 6.07) is 7.07. The van der Waals surface area contributed by atoms with Gasteiger partial charge in [-0.3, -0.25) is 39.4 Å². The molecule has 0 radical (unpaired) electrons. The van der Waals surface area contributed by atoms with Crippen LogP contribution < -0.4 is 31.6 Å². The van der Waals surface area contributed by atoms with Gasteiger partial charge in [-0.2, -0.15) is 5.10 Å². The topological polar surface area (TPSA) is 257 Å². The minimum Gasteiger partial charge on any atom is -0.494 e. The molecule has 5 rings (SSSR count). The van der Waals surface area contributed by atoms with E-state index in [1.165, 1.54) is 25.3 Å². The highest BCUT2D eigenvalue weighted by Crippen LogP contribution is 2.36. The first kappa shape index (κ1) is 44.1. The second-order valence-corrected chi connectivity index (χ2v) is 14.8.